The third kappa shape index (κ3) is 5.26. The number of rotatable bonds is 8. The molecule has 0 bridgehead atoms. The van der Waals surface area contributed by atoms with Gasteiger partial charge in [-0.2, -0.15) is 0 Å². The first-order chi connectivity index (χ1) is 19.7. The number of piperazine rings is 1. The highest BCUT2D eigenvalue weighted by Gasteiger charge is 2.37. The van der Waals surface area contributed by atoms with Crippen LogP contribution in [0.4, 0.5) is 11.4 Å². The van der Waals surface area contributed by atoms with Gasteiger partial charge in [-0.3, -0.25) is 4.79 Å². The highest BCUT2D eigenvalue weighted by atomic mass is 16.2. The first kappa shape index (κ1) is 25.6. The first-order valence-electron chi connectivity index (χ1n) is 13.7. The Morgan fingerprint density at radius 1 is 0.750 bits per heavy atom. The molecule has 1 aliphatic heterocycles. The zero-order valence-electron chi connectivity index (χ0n) is 22.3. The van der Waals surface area contributed by atoms with Gasteiger partial charge in [0.25, 0.3) is 5.91 Å². The van der Waals surface area contributed by atoms with Gasteiger partial charge in [-0.15, -0.1) is 0 Å². The van der Waals surface area contributed by atoms with Gasteiger partial charge in [0, 0.05) is 50.2 Å². The summed E-state index contributed by atoms with van der Waals surface area (Å²) in [5.41, 5.74) is 5.33. The van der Waals surface area contributed by atoms with E-state index in [2.05, 4.69) is 112 Å². The minimum atomic E-state index is -0.605. The lowest BCUT2D eigenvalue weighted by Crippen LogP contribution is -2.43. The SMILES string of the molecule is O=C(Nc1ccc(N2CCNCC2)cc1)c1nc([CH]C(c2ccccc2)(c2ccccc2)c2ccccc2)c[nH]1. The normalized spacial score (nSPS) is 13.7. The number of nitrogens with zero attached hydrogens (tertiary/aromatic N) is 2. The molecule has 1 aromatic heterocycles. The number of amides is 1. The number of imidazole rings is 1. The summed E-state index contributed by atoms with van der Waals surface area (Å²) in [6.07, 6.45) is 3.94. The van der Waals surface area contributed by atoms with E-state index in [0.29, 0.717) is 5.69 Å². The average molecular weight is 527 g/mol. The summed E-state index contributed by atoms with van der Waals surface area (Å²) < 4.78 is 0. The molecule has 6 heteroatoms. The van der Waals surface area contributed by atoms with E-state index >= 15 is 0 Å². The van der Waals surface area contributed by atoms with Crippen LogP contribution in [0.15, 0.2) is 121 Å². The van der Waals surface area contributed by atoms with Crippen molar-refractivity contribution in [3.05, 3.63) is 156 Å². The molecule has 1 saturated heterocycles. The number of H-pyrrole nitrogens is 1. The van der Waals surface area contributed by atoms with Gasteiger partial charge in [0.1, 0.15) is 0 Å². The Labute approximate surface area is 235 Å². The molecule has 1 fully saturated rings. The first-order valence-corrected chi connectivity index (χ1v) is 13.7. The molecule has 0 saturated carbocycles. The van der Waals surface area contributed by atoms with Crippen LogP contribution in [0.2, 0.25) is 0 Å². The predicted molar refractivity (Wildman–Crippen MR) is 161 cm³/mol. The maximum atomic E-state index is 13.2. The molecule has 199 valence electrons. The lowest BCUT2D eigenvalue weighted by Gasteiger charge is -2.35. The van der Waals surface area contributed by atoms with Gasteiger partial charge in [-0.05, 0) is 41.0 Å². The summed E-state index contributed by atoms with van der Waals surface area (Å²) >= 11 is 0. The van der Waals surface area contributed by atoms with Gasteiger partial charge < -0.3 is 20.5 Å². The Hall–Kier alpha value is -4.68. The fraction of sp³-hybridized carbons (Fsp3) is 0.147. The monoisotopic (exact) mass is 526 g/mol. The predicted octanol–water partition coefficient (Wildman–Crippen LogP) is 5.66. The van der Waals surface area contributed by atoms with Crippen molar-refractivity contribution >= 4 is 17.3 Å². The third-order valence-electron chi connectivity index (χ3n) is 7.47. The van der Waals surface area contributed by atoms with Gasteiger partial charge in [0.05, 0.1) is 11.1 Å². The Bertz CT molecular complexity index is 1430. The molecule has 4 aromatic carbocycles. The molecule has 0 atom stereocenters. The van der Waals surface area contributed by atoms with Crippen LogP contribution in [0.25, 0.3) is 0 Å². The molecule has 40 heavy (non-hydrogen) atoms. The fourth-order valence-electron chi connectivity index (χ4n) is 5.47. The van der Waals surface area contributed by atoms with E-state index in [0.717, 1.165) is 54.2 Å². The van der Waals surface area contributed by atoms with Crippen LogP contribution in [0, 0.1) is 6.42 Å². The van der Waals surface area contributed by atoms with Crippen molar-refractivity contribution in [3.63, 3.8) is 0 Å². The van der Waals surface area contributed by atoms with E-state index in [4.69, 9.17) is 4.98 Å². The van der Waals surface area contributed by atoms with Crippen molar-refractivity contribution < 1.29 is 4.79 Å². The van der Waals surface area contributed by atoms with Crippen LogP contribution >= 0.6 is 0 Å². The standard InChI is InChI=1S/C34H32N5O/c40-33(38-29-16-18-31(19-17-29)39-22-20-35-21-23-39)32-36-25-30(37-32)24-34(26-10-4-1-5-11-26,27-12-6-2-7-13-27)28-14-8-3-9-15-28/h1-19,24-25,35H,20-23H2,(H,36,37)(H,38,40). The quantitative estimate of drug-likeness (QED) is 0.228. The fourth-order valence-corrected chi connectivity index (χ4v) is 5.47. The van der Waals surface area contributed by atoms with E-state index < -0.39 is 5.41 Å². The molecule has 0 unspecified atom stereocenters. The summed E-state index contributed by atoms with van der Waals surface area (Å²) in [5.74, 6) is -0.0141. The van der Waals surface area contributed by atoms with Crippen molar-refractivity contribution in [2.24, 2.45) is 0 Å². The molecular formula is C34H32N5O. The van der Waals surface area contributed by atoms with Crippen LogP contribution in [-0.2, 0) is 5.41 Å². The molecule has 6 rings (SSSR count). The van der Waals surface area contributed by atoms with Crippen molar-refractivity contribution in [1.82, 2.24) is 15.3 Å². The summed E-state index contributed by atoms with van der Waals surface area (Å²) in [7, 11) is 0. The summed E-state index contributed by atoms with van der Waals surface area (Å²) in [6, 6.07) is 39.2. The smallest absolute Gasteiger partial charge is 0.291 e. The zero-order chi connectivity index (χ0) is 27.2. The Kier molecular flexibility index (Phi) is 7.42. The minimum Gasteiger partial charge on any atom is -0.369 e. The van der Waals surface area contributed by atoms with Crippen LogP contribution in [-0.4, -0.2) is 42.1 Å². The Morgan fingerprint density at radius 2 is 1.27 bits per heavy atom. The van der Waals surface area contributed by atoms with E-state index in [-0.39, 0.29) is 11.7 Å². The summed E-state index contributed by atoms with van der Waals surface area (Å²) in [4.78, 5) is 23.3. The maximum Gasteiger partial charge on any atom is 0.291 e. The Morgan fingerprint density at radius 3 is 1.80 bits per heavy atom. The highest BCUT2D eigenvalue weighted by Crippen LogP contribution is 2.43. The zero-order valence-corrected chi connectivity index (χ0v) is 22.3. The second-order valence-corrected chi connectivity index (χ2v) is 9.96. The number of nitrogens with one attached hydrogen (secondary N) is 3. The van der Waals surface area contributed by atoms with Crippen molar-refractivity contribution in [2.45, 2.75) is 5.41 Å². The maximum absolute atomic E-state index is 13.2. The molecule has 0 aliphatic carbocycles. The van der Waals surface area contributed by atoms with Crippen LogP contribution in [0.5, 0.6) is 0 Å². The van der Waals surface area contributed by atoms with Gasteiger partial charge in [-0.25, -0.2) is 4.98 Å². The second kappa shape index (κ2) is 11.6. The van der Waals surface area contributed by atoms with Crippen LogP contribution in [0.1, 0.15) is 33.0 Å². The second-order valence-electron chi connectivity index (χ2n) is 9.96. The van der Waals surface area contributed by atoms with E-state index in [9.17, 15) is 4.79 Å². The van der Waals surface area contributed by atoms with Crippen molar-refractivity contribution in [1.29, 1.82) is 0 Å². The van der Waals surface area contributed by atoms with E-state index in [1.165, 1.54) is 0 Å². The van der Waals surface area contributed by atoms with Crippen LogP contribution < -0.4 is 15.5 Å². The largest absolute Gasteiger partial charge is 0.369 e. The molecular weight excluding hydrogens is 494 g/mol. The van der Waals surface area contributed by atoms with E-state index in [1.807, 2.05) is 30.3 Å². The van der Waals surface area contributed by atoms with E-state index in [1.54, 1.807) is 6.20 Å². The molecule has 2 heterocycles. The topological polar surface area (TPSA) is 73.1 Å². The third-order valence-corrected chi connectivity index (χ3v) is 7.47. The van der Waals surface area contributed by atoms with Gasteiger partial charge in [-0.1, -0.05) is 91.0 Å². The summed E-state index contributed by atoms with van der Waals surface area (Å²) in [6.45, 7) is 3.93. The number of carbonyl (C=O) groups excluding carboxylic acids is 1. The number of hydrogen-bond donors (Lipinski definition) is 3. The molecule has 5 aromatic rings. The van der Waals surface area contributed by atoms with Gasteiger partial charge in [0.2, 0.25) is 0 Å². The number of aromatic amines is 1. The minimum absolute atomic E-state index is 0.264. The lowest BCUT2D eigenvalue weighted by molar-refractivity contribution is 0.101. The Balaban J connectivity index is 1.28. The molecule has 1 radical (unpaired) electrons. The number of anilines is 2. The highest BCUT2D eigenvalue weighted by molar-refractivity contribution is 6.01. The number of hydrogen-bond acceptors (Lipinski definition) is 4. The molecule has 3 N–H and O–H groups in total. The lowest BCUT2D eigenvalue weighted by atomic mass is 9.67. The summed E-state index contributed by atoms with van der Waals surface area (Å²) in [5, 5.41) is 6.35. The average Bonchev–Trinajstić information content (AvgIpc) is 3.51. The number of benzene rings is 4. The molecule has 1 aliphatic rings. The molecule has 0 spiro atoms. The van der Waals surface area contributed by atoms with Crippen molar-refractivity contribution in [3.8, 4) is 0 Å². The number of carbonyl (C=O) groups is 1. The van der Waals surface area contributed by atoms with Gasteiger partial charge >= 0.3 is 0 Å². The van der Waals surface area contributed by atoms with Crippen molar-refractivity contribution in [2.75, 3.05) is 36.4 Å². The molecule has 6 nitrogen and oxygen atoms in total. The number of aromatic nitrogens is 2. The molecule has 1 amide bonds. The van der Waals surface area contributed by atoms with Gasteiger partial charge in [0.15, 0.2) is 5.82 Å². The van der Waals surface area contributed by atoms with Crippen LogP contribution in [0.3, 0.4) is 0 Å².